The third-order valence-electron chi connectivity index (χ3n) is 8.41. The highest BCUT2D eigenvalue weighted by atomic mass is 35.5. The molecule has 0 aliphatic carbocycles. The van der Waals surface area contributed by atoms with Gasteiger partial charge < -0.3 is 20.4 Å². The molecule has 0 saturated carbocycles. The van der Waals surface area contributed by atoms with Crippen molar-refractivity contribution in [2.75, 3.05) is 45.8 Å². The number of likely N-dealkylation sites (N-methyl/N-ethyl adjacent to an activating group) is 1. The molecule has 2 aromatic rings. The van der Waals surface area contributed by atoms with E-state index in [1.54, 1.807) is 0 Å². The Morgan fingerprint density at radius 3 is 2.45 bits per heavy atom. The average molecular weight is 568 g/mol. The van der Waals surface area contributed by atoms with E-state index in [0.29, 0.717) is 37.0 Å². The lowest BCUT2D eigenvalue weighted by atomic mass is 10.0. The first-order valence-corrected chi connectivity index (χ1v) is 15.4. The molecule has 1 fully saturated rings. The third kappa shape index (κ3) is 8.06. The zero-order valence-corrected chi connectivity index (χ0v) is 25.1. The van der Waals surface area contributed by atoms with Crippen LogP contribution in [0.1, 0.15) is 62.8 Å². The van der Waals surface area contributed by atoms with Gasteiger partial charge >= 0.3 is 0 Å². The van der Waals surface area contributed by atoms with Crippen LogP contribution in [-0.4, -0.2) is 84.4 Å². The van der Waals surface area contributed by atoms with Crippen molar-refractivity contribution >= 4 is 23.4 Å². The molecule has 3 unspecified atom stereocenters. The second-order valence-corrected chi connectivity index (χ2v) is 11.5. The van der Waals surface area contributed by atoms with Gasteiger partial charge in [-0.2, -0.15) is 0 Å². The van der Waals surface area contributed by atoms with Crippen molar-refractivity contribution in [2.24, 2.45) is 0 Å². The number of rotatable bonds is 13. The lowest BCUT2D eigenvalue weighted by Crippen LogP contribution is -2.58. The van der Waals surface area contributed by atoms with E-state index in [2.05, 4.69) is 53.3 Å². The quantitative estimate of drug-likeness (QED) is 0.379. The van der Waals surface area contributed by atoms with Crippen LogP contribution in [0.25, 0.3) is 0 Å². The molecule has 4 rings (SSSR count). The van der Waals surface area contributed by atoms with Gasteiger partial charge in [0.2, 0.25) is 11.8 Å². The Morgan fingerprint density at radius 2 is 1.77 bits per heavy atom. The summed E-state index contributed by atoms with van der Waals surface area (Å²) in [5, 5.41) is 7.20. The van der Waals surface area contributed by atoms with Crippen molar-refractivity contribution in [1.82, 2.24) is 25.3 Å². The van der Waals surface area contributed by atoms with Gasteiger partial charge in [-0.3, -0.25) is 14.5 Å². The van der Waals surface area contributed by atoms with Crippen molar-refractivity contribution in [1.29, 1.82) is 0 Å². The molecule has 2 heterocycles. The highest BCUT2D eigenvalue weighted by Gasteiger charge is 2.32. The van der Waals surface area contributed by atoms with E-state index in [4.69, 9.17) is 11.6 Å². The number of halogens is 1. The van der Waals surface area contributed by atoms with Gasteiger partial charge in [-0.15, -0.1) is 0 Å². The molecular weight excluding hydrogens is 522 g/mol. The van der Waals surface area contributed by atoms with Crippen LogP contribution < -0.4 is 10.6 Å². The Kier molecular flexibility index (Phi) is 11.4. The number of hydrogen-bond donors (Lipinski definition) is 2. The number of fused-ring (bicyclic) bond motifs is 1. The second-order valence-electron chi connectivity index (χ2n) is 11.1. The fourth-order valence-corrected chi connectivity index (χ4v) is 6.20. The first kappa shape index (κ1) is 30.5. The minimum atomic E-state index is -0.612. The van der Waals surface area contributed by atoms with E-state index in [-0.39, 0.29) is 17.9 Å². The maximum absolute atomic E-state index is 13.8. The topological polar surface area (TPSA) is 67.9 Å². The molecule has 2 N–H and O–H groups in total. The number of nitrogens with one attached hydrogen (secondary N) is 2. The summed E-state index contributed by atoms with van der Waals surface area (Å²) in [5.74, 6) is -0.112. The predicted octanol–water partition coefficient (Wildman–Crippen LogP) is 4.26. The van der Waals surface area contributed by atoms with Gasteiger partial charge in [-0.1, -0.05) is 68.8 Å². The standard InChI is InChI=1S/C32H46ClN5O2/c1-4-15-36(6-3)23-27(5-2)37-16-18-38(19-17-37)32(40)30(20-24-11-13-26(33)14-12-24)35-31(39)21-29-28-10-8-7-9-25(28)22-34-29/h7-14,27,29-30,34H,4-6,15-23H2,1-3H3,(H,35,39). The highest BCUT2D eigenvalue weighted by molar-refractivity contribution is 6.30. The molecule has 40 heavy (non-hydrogen) atoms. The minimum absolute atomic E-state index is 0.00283. The SMILES string of the molecule is CCCN(CC)CC(CC)N1CCN(C(=O)C(Cc2ccc(Cl)cc2)NC(=O)CC2NCc3ccccc32)CC1. The van der Waals surface area contributed by atoms with E-state index >= 15 is 0 Å². The van der Waals surface area contributed by atoms with E-state index in [0.717, 1.165) is 57.7 Å². The van der Waals surface area contributed by atoms with Crippen LogP contribution in [0.2, 0.25) is 5.02 Å². The third-order valence-corrected chi connectivity index (χ3v) is 8.67. The summed E-state index contributed by atoms with van der Waals surface area (Å²) in [6.07, 6.45) is 3.01. The fourth-order valence-electron chi connectivity index (χ4n) is 6.08. The van der Waals surface area contributed by atoms with Crippen molar-refractivity contribution in [3.63, 3.8) is 0 Å². The van der Waals surface area contributed by atoms with Crippen LogP contribution in [0.5, 0.6) is 0 Å². The Labute approximate surface area is 245 Å². The number of carbonyl (C=O) groups excluding carboxylic acids is 2. The maximum atomic E-state index is 13.8. The zero-order chi connectivity index (χ0) is 28.5. The van der Waals surface area contributed by atoms with E-state index < -0.39 is 6.04 Å². The van der Waals surface area contributed by atoms with Gasteiger partial charge in [0, 0.05) is 69.2 Å². The predicted molar refractivity (Wildman–Crippen MR) is 162 cm³/mol. The first-order chi connectivity index (χ1) is 19.4. The lowest BCUT2D eigenvalue weighted by molar-refractivity contribution is -0.138. The van der Waals surface area contributed by atoms with E-state index in [1.807, 2.05) is 41.3 Å². The number of carbonyl (C=O) groups is 2. The van der Waals surface area contributed by atoms with Crippen molar-refractivity contribution in [3.05, 3.63) is 70.2 Å². The smallest absolute Gasteiger partial charge is 0.245 e. The molecule has 2 aliphatic heterocycles. The van der Waals surface area contributed by atoms with Gasteiger partial charge in [0.1, 0.15) is 6.04 Å². The van der Waals surface area contributed by atoms with Crippen LogP contribution in [0, 0.1) is 0 Å². The molecule has 1 saturated heterocycles. The molecule has 0 spiro atoms. The second kappa shape index (κ2) is 15.0. The van der Waals surface area contributed by atoms with Gasteiger partial charge in [0.25, 0.3) is 0 Å². The van der Waals surface area contributed by atoms with Crippen molar-refractivity contribution < 1.29 is 9.59 Å². The zero-order valence-electron chi connectivity index (χ0n) is 24.4. The first-order valence-electron chi connectivity index (χ1n) is 15.0. The number of benzene rings is 2. The number of nitrogens with zero attached hydrogens (tertiary/aromatic N) is 3. The molecule has 2 aliphatic rings. The Hall–Kier alpha value is -2.45. The van der Waals surface area contributed by atoms with Crippen molar-refractivity contribution in [2.45, 2.75) is 71.1 Å². The van der Waals surface area contributed by atoms with Crippen LogP contribution in [0.15, 0.2) is 48.5 Å². The van der Waals surface area contributed by atoms with E-state index in [1.165, 1.54) is 11.1 Å². The molecular formula is C32H46ClN5O2. The summed E-state index contributed by atoms with van der Waals surface area (Å²) < 4.78 is 0. The maximum Gasteiger partial charge on any atom is 0.245 e. The summed E-state index contributed by atoms with van der Waals surface area (Å²) in [5.41, 5.74) is 3.38. The van der Waals surface area contributed by atoms with Gasteiger partial charge in [-0.25, -0.2) is 0 Å². The summed E-state index contributed by atoms with van der Waals surface area (Å²) in [7, 11) is 0. The van der Waals surface area contributed by atoms with Gasteiger partial charge in [0.15, 0.2) is 0 Å². The van der Waals surface area contributed by atoms with Gasteiger partial charge in [0.05, 0.1) is 0 Å². The lowest BCUT2D eigenvalue weighted by Gasteiger charge is -2.41. The summed E-state index contributed by atoms with van der Waals surface area (Å²) in [4.78, 5) is 34.1. The average Bonchev–Trinajstić information content (AvgIpc) is 3.38. The largest absolute Gasteiger partial charge is 0.344 e. The molecule has 0 aromatic heterocycles. The monoisotopic (exact) mass is 567 g/mol. The number of hydrogen-bond acceptors (Lipinski definition) is 5. The van der Waals surface area contributed by atoms with Crippen LogP contribution in [0.4, 0.5) is 0 Å². The molecule has 218 valence electrons. The summed E-state index contributed by atoms with van der Waals surface area (Å²) in [6, 6.07) is 15.6. The molecule has 0 radical (unpaired) electrons. The Morgan fingerprint density at radius 1 is 1.05 bits per heavy atom. The Bertz CT molecular complexity index is 1100. The number of piperazine rings is 1. The number of amides is 2. The fraction of sp³-hybridized carbons (Fsp3) is 0.562. The van der Waals surface area contributed by atoms with Crippen molar-refractivity contribution in [3.8, 4) is 0 Å². The molecule has 2 aromatic carbocycles. The normalized spacial score (nSPS) is 18.9. The molecule has 2 amide bonds. The molecule has 3 atom stereocenters. The summed E-state index contributed by atoms with van der Waals surface area (Å²) in [6.45, 7) is 13.8. The van der Waals surface area contributed by atoms with Crippen LogP contribution in [0.3, 0.4) is 0 Å². The highest BCUT2D eigenvalue weighted by Crippen LogP contribution is 2.27. The van der Waals surface area contributed by atoms with Crippen LogP contribution in [-0.2, 0) is 22.6 Å². The van der Waals surface area contributed by atoms with E-state index in [9.17, 15) is 9.59 Å². The molecule has 7 nitrogen and oxygen atoms in total. The Balaban J connectivity index is 1.39. The van der Waals surface area contributed by atoms with Crippen LogP contribution >= 0.6 is 11.6 Å². The summed E-state index contributed by atoms with van der Waals surface area (Å²) >= 11 is 6.10. The molecule has 0 bridgehead atoms. The minimum Gasteiger partial charge on any atom is -0.344 e. The molecule has 8 heteroatoms. The van der Waals surface area contributed by atoms with Gasteiger partial charge in [-0.05, 0) is 54.8 Å².